The molecule has 0 saturated heterocycles. The van der Waals surface area contributed by atoms with Crippen LogP contribution in [-0.4, -0.2) is 11.6 Å². The summed E-state index contributed by atoms with van der Waals surface area (Å²) in [6, 6.07) is 0. The zero-order valence-corrected chi connectivity index (χ0v) is 15.9. The van der Waals surface area contributed by atoms with Gasteiger partial charge in [0.25, 0.3) is 0 Å². The summed E-state index contributed by atoms with van der Waals surface area (Å²) in [6.45, 7) is 10.5. The zero-order valence-electron chi connectivity index (χ0n) is 15.9. The van der Waals surface area contributed by atoms with Gasteiger partial charge in [-0.3, -0.25) is 9.59 Å². The van der Waals surface area contributed by atoms with Gasteiger partial charge < -0.3 is 0 Å². The fourth-order valence-electron chi connectivity index (χ4n) is 6.66. The number of carbonyl (C=O) groups excluding carboxylic acids is 2. The Kier molecular flexibility index (Phi) is 3.76. The van der Waals surface area contributed by atoms with Crippen molar-refractivity contribution in [3.63, 3.8) is 0 Å². The van der Waals surface area contributed by atoms with Crippen molar-refractivity contribution in [2.75, 3.05) is 0 Å². The van der Waals surface area contributed by atoms with Gasteiger partial charge in [-0.15, -0.1) is 0 Å². The Bertz CT molecular complexity index is 724. The lowest BCUT2D eigenvalue weighted by Gasteiger charge is -2.56. The van der Waals surface area contributed by atoms with E-state index in [1.54, 1.807) is 0 Å². The van der Waals surface area contributed by atoms with Crippen molar-refractivity contribution in [2.24, 2.45) is 28.6 Å². The van der Waals surface area contributed by atoms with Crippen molar-refractivity contribution in [3.05, 3.63) is 35.5 Å². The minimum atomic E-state index is -0.0796. The molecule has 2 heteroatoms. The van der Waals surface area contributed by atoms with E-state index < -0.39 is 0 Å². The van der Waals surface area contributed by atoms with Gasteiger partial charge in [0, 0.05) is 18.3 Å². The number of Topliss-reactive ketones (excluding diaryl/α,β-unsaturated/α-hetero) is 2. The molecule has 0 aliphatic heterocycles. The molecule has 4 rings (SSSR count). The first-order valence-corrected chi connectivity index (χ1v) is 9.88. The van der Waals surface area contributed by atoms with E-state index in [0.29, 0.717) is 30.0 Å². The Labute approximate surface area is 151 Å². The average molecular weight is 338 g/mol. The molecule has 0 aromatic rings. The zero-order chi connectivity index (χ0) is 18.0. The van der Waals surface area contributed by atoms with Crippen molar-refractivity contribution in [1.29, 1.82) is 0 Å². The van der Waals surface area contributed by atoms with Crippen LogP contribution in [0.15, 0.2) is 35.5 Å². The number of allylic oxidation sites excluding steroid dienone is 5. The molecule has 0 bridgehead atoms. The molecule has 0 heterocycles. The third-order valence-corrected chi connectivity index (χ3v) is 8.02. The number of rotatable bonds is 1. The normalized spacial score (nSPS) is 44.8. The van der Waals surface area contributed by atoms with Gasteiger partial charge in [-0.25, -0.2) is 0 Å². The molecule has 0 aromatic carbocycles. The molecular weight excluding hydrogens is 308 g/mol. The van der Waals surface area contributed by atoms with Crippen LogP contribution in [0.1, 0.15) is 65.7 Å². The Hall–Kier alpha value is -1.44. The molecule has 2 nitrogen and oxygen atoms in total. The fraction of sp³-hybridized carbons (Fsp3) is 0.652. The van der Waals surface area contributed by atoms with E-state index in [2.05, 4.69) is 26.5 Å². The van der Waals surface area contributed by atoms with E-state index in [0.717, 1.165) is 49.7 Å². The lowest BCUT2D eigenvalue weighted by Crippen LogP contribution is -2.50. The predicted octanol–water partition coefficient (Wildman–Crippen LogP) is 5.20. The molecule has 0 radical (unpaired) electrons. The fourth-order valence-corrected chi connectivity index (χ4v) is 6.66. The van der Waals surface area contributed by atoms with Crippen molar-refractivity contribution >= 4 is 11.6 Å². The van der Waals surface area contributed by atoms with E-state index in [-0.39, 0.29) is 16.6 Å². The van der Waals surface area contributed by atoms with Crippen LogP contribution in [0.2, 0.25) is 0 Å². The monoisotopic (exact) mass is 338 g/mol. The molecule has 5 atom stereocenters. The largest absolute Gasteiger partial charge is 0.299 e. The van der Waals surface area contributed by atoms with Gasteiger partial charge >= 0.3 is 0 Å². The van der Waals surface area contributed by atoms with Crippen LogP contribution in [0.5, 0.6) is 0 Å². The van der Waals surface area contributed by atoms with Crippen LogP contribution in [-0.2, 0) is 9.59 Å². The second-order valence-corrected chi connectivity index (χ2v) is 9.47. The maximum atomic E-state index is 12.6. The lowest BCUT2D eigenvalue weighted by molar-refractivity contribution is -0.131. The topological polar surface area (TPSA) is 34.1 Å². The standard InChI is InChI=1S/C23H30O2/c1-14(2)11-15-13-23(4)16(12-20(15)24)5-6-17-18-7-8-21(25)22(18,3)10-9-19(17)23/h5,11,17-19H,1,6-10,12-13H2,2-4H3/b15-11+. The summed E-state index contributed by atoms with van der Waals surface area (Å²) in [4.78, 5) is 25.1. The van der Waals surface area contributed by atoms with Gasteiger partial charge in [-0.1, -0.05) is 43.7 Å². The third-order valence-electron chi connectivity index (χ3n) is 8.02. The summed E-state index contributed by atoms with van der Waals surface area (Å²) in [5, 5.41) is 0. The number of ketones is 2. The van der Waals surface area contributed by atoms with Crippen molar-refractivity contribution in [1.82, 2.24) is 0 Å². The lowest BCUT2D eigenvalue weighted by atomic mass is 9.47. The molecule has 0 aromatic heterocycles. The quantitative estimate of drug-likeness (QED) is 0.486. The first-order valence-electron chi connectivity index (χ1n) is 9.88. The van der Waals surface area contributed by atoms with E-state index in [9.17, 15) is 9.59 Å². The third kappa shape index (κ3) is 2.36. The van der Waals surface area contributed by atoms with E-state index in [4.69, 9.17) is 0 Å². The van der Waals surface area contributed by atoms with E-state index >= 15 is 0 Å². The minimum absolute atomic E-state index is 0.0796. The van der Waals surface area contributed by atoms with Crippen molar-refractivity contribution in [2.45, 2.75) is 65.7 Å². The Morgan fingerprint density at radius 3 is 2.64 bits per heavy atom. The summed E-state index contributed by atoms with van der Waals surface area (Å²) in [6.07, 6.45) is 10.9. The summed E-state index contributed by atoms with van der Waals surface area (Å²) in [5.74, 6) is 2.54. The van der Waals surface area contributed by atoms with Crippen molar-refractivity contribution in [3.8, 4) is 0 Å². The number of hydrogen-bond donors (Lipinski definition) is 0. The molecule has 5 unspecified atom stereocenters. The highest BCUT2D eigenvalue weighted by Crippen LogP contribution is 2.64. The number of fused-ring (bicyclic) bond motifs is 5. The van der Waals surface area contributed by atoms with Crippen LogP contribution < -0.4 is 0 Å². The molecule has 3 saturated carbocycles. The molecule has 0 spiro atoms. The average Bonchev–Trinajstić information content (AvgIpc) is 2.84. The molecule has 134 valence electrons. The molecule has 25 heavy (non-hydrogen) atoms. The Morgan fingerprint density at radius 1 is 1.20 bits per heavy atom. The first-order chi connectivity index (χ1) is 11.8. The second kappa shape index (κ2) is 5.53. The molecule has 4 aliphatic carbocycles. The van der Waals surface area contributed by atoms with Gasteiger partial charge in [0.05, 0.1) is 0 Å². The van der Waals surface area contributed by atoms with Crippen LogP contribution in [0.3, 0.4) is 0 Å². The van der Waals surface area contributed by atoms with E-state index in [1.165, 1.54) is 5.57 Å². The van der Waals surface area contributed by atoms with Crippen LogP contribution >= 0.6 is 0 Å². The van der Waals surface area contributed by atoms with Gasteiger partial charge in [-0.2, -0.15) is 0 Å². The maximum Gasteiger partial charge on any atom is 0.162 e. The number of carbonyl (C=O) groups is 2. The van der Waals surface area contributed by atoms with Crippen molar-refractivity contribution < 1.29 is 9.59 Å². The molecule has 0 N–H and O–H groups in total. The van der Waals surface area contributed by atoms with Crippen LogP contribution in [0.4, 0.5) is 0 Å². The summed E-state index contributed by atoms with van der Waals surface area (Å²) in [5.41, 5.74) is 3.30. The Balaban J connectivity index is 1.71. The molecule has 4 aliphatic rings. The van der Waals surface area contributed by atoms with E-state index in [1.807, 2.05) is 13.0 Å². The maximum absolute atomic E-state index is 12.6. The predicted molar refractivity (Wildman–Crippen MR) is 100.0 cm³/mol. The van der Waals surface area contributed by atoms with Gasteiger partial charge in [0.15, 0.2) is 5.78 Å². The summed E-state index contributed by atoms with van der Waals surface area (Å²) in [7, 11) is 0. The highest BCUT2D eigenvalue weighted by Gasteiger charge is 2.58. The smallest absolute Gasteiger partial charge is 0.162 e. The molecule has 3 fully saturated rings. The first kappa shape index (κ1) is 17.0. The van der Waals surface area contributed by atoms with Crippen LogP contribution in [0, 0.1) is 28.6 Å². The van der Waals surface area contributed by atoms with Gasteiger partial charge in [0.2, 0.25) is 0 Å². The summed E-state index contributed by atoms with van der Waals surface area (Å²) >= 11 is 0. The molecule has 0 amide bonds. The Morgan fingerprint density at radius 2 is 1.92 bits per heavy atom. The highest BCUT2D eigenvalue weighted by atomic mass is 16.1. The molecular formula is C23H30O2. The minimum Gasteiger partial charge on any atom is -0.299 e. The summed E-state index contributed by atoms with van der Waals surface area (Å²) < 4.78 is 0. The second-order valence-electron chi connectivity index (χ2n) is 9.47. The SMILES string of the molecule is C=C(C)/C=C1\CC2(C)C(=CCC3C4CCC(=O)C4(C)CCC32)CC1=O. The van der Waals surface area contributed by atoms with Crippen LogP contribution in [0.25, 0.3) is 0 Å². The van der Waals surface area contributed by atoms with Gasteiger partial charge in [-0.05, 0) is 67.8 Å². The highest BCUT2D eigenvalue weighted by molar-refractivity contribution is 5.99. The number of hydrogen-bond acceptors (Lipinski definition) is 2. The van der Waals surface area contributed by atoms with Gasteiger partial charge in [0.1, 0.15) is 5.78 Å².